The molecule has 2 aromatic rings. The van der Waals surface area contributed by atoms with E-state index in [9.17, 15) is 18.0 Å². The average Bonchev–Trinajstić information content (AvgIpc) is 3.12. The van der Waals surface area contributed by atoms with Crippen molar-refractivity contribution in [1.29, 1.82) is 0 Å². The van der Waals surface area contributed by atoms with Crippen LogP contribution in [-0.4, -0.2) is 44.4 Å². The van der Waals surface area contributed by atoms with Gasteiger partial charge in [-0.05, 0) is 56.5 Å². The number of amides is 1. The molecule has 1 aromatic carbocycles. The summed E-state index contributed by atoms with van der Waals surface area (Å²) in [5.74, 6) is -0.482. The van der Waals surface area contributed by atoms with E-state index in [4.69, 9.17) is 9.15 Å². The second-order valence-electron chi connectivity index (χ2n) is 7.67. The van der Waals surface area contributed by atoms with Gasteiger partial charge in [0.1, 0.15) is 5.76 Å². The zero-order valence-corrected chi connectivity index (χ0v) is 18.6. The minimum atomic E-state index is -3.87. The van der Waals surface area contributed by atoms with E-state index < -0.39 is 22.1 Å². The van der Waals surface area contributed by atoms with Gasteiger partial charge in [-0.25, -0.2) is 17.9 Å². The summed E-state index contributed by atoms with van der Waals surface area (Å²) in [5.41, 5.74) is 0.667. The molecule has 9 heteroatoms. The van der Waals surface area contributed by atoms with Crippen LogP contribution in [0.5, 0.6) is 0 Å². The Morgan fingerprint density at radius 2 is 1.87 bits per heavy atom. The third-order valence-corrected chi connectivity index (χ3v) is 6.70. The molecule has 0 spiro atoms. The Kier molecular flexibility index (Phi) is 7.50. The molecule has 1 aliphatic rings. The summed E-state index contributed by atoms with van der Waals surface area (Å²) in [6.07, 6.45) is 4.57. The van der Waals surface area contributed by atoms with Crippen LogP contribution in [0.4, 0.5) is 0 Å². The number of nitrogens with zero attached hydrogens (tertiary/aromatic N) is 1. The molecule has 3 rings (SSSR count). The number of hydrogen-bond acceptors (Lipinski definition) is 6. The predicted octanol–water partition coefficient (Wildman–Crippen LogP) is 3.01. The fourth-order valence-electron chi connectivity index (χ4n) is 3.47. The summed E-state index contributed by atoms with van der Waals surface area (Å²) in [6, 6.07) is 7.55. The standard InChI is InChI=1S/C22H28N2O6S/c1-16-9-10-19(31(27,28)23-15-18-8-7-13-29-18)14-20(16)22(26)30-17(2)21(25)24-11-5-3-4-6-12-24/h7-10,13-14,17,23H,3-6,11-12,15H2,1-2H3. The Morgan fingerprint density at radius 3 is 2.52 bits per heavy atom. The maximum Gasteiger partial charge on any atom is 0.339 e. The predicted molar refractivity (Wildman–Crippen MR) is 114 cm³/mol. The minimum Gasteiger partial charge on any atom is -0.468 e. The lowest BCUT2D eigenvalue weighted by molar-refractivity contribution is -0.139. The molecule has 1 fully saturated rings. The topological polar surface area (TPSA) is 106 Å². The van der Waals surface area contributed by atoms with Crippen molar-refractivity contribution in [2.75, 3.05) is 13.1 Å². The number of aryl methyl sites for hydroxylation is 1. The number of furan rings is 1. The van der Waals surface area contributed by atoms with E-state index in [0.29, 0.717) is 24.4 Å². The first kappa shape index (κ1) is 23.0. The van der Waals surface area contributed by atoms with Crippen LogP contribution in [0, 0.1) is 6.92 Å². The molecular weight excluding hydrogens is 420 g/mol. The highest BCUT2D eigenvalue weighted by Gasteiger charge is 2.26. The van der Waals surface area contributed by atoms with Crippen LogP contribution in [0.3, 0.4) is 0 Å². The number of hydrogen-bond donors (Lipinski definition) is 1. The normalized spacial score (nSPS) is 15.9. The van der Waals surface area contributed by atoms with Gasteiger partial charge in [0.15, 0.2) is 6.10 Å². The molecule has 0 aliphatic carbocycles. The lowest BCUT2D eigenvalue weighted by atomic mass is 10.1. The summed E-state index contributed by atoms with van der Waals surface area (Å²) in [5, 5.41) is 0. The number of likely N-dealkylation sites (tertiary alicyclic amines) is 1. The maximum absolute atomic E-state index is 12.7. The van der Waals surface area contributed by atoms with Crippen molar-refractivity contribution in [3.63, 3.8) is 0 Å². The summed E-state index contributed by atoms with van der Waals surface area (Å²) in [6.45, 7) is 4.55. The van der Waals surface area contributed by atoms with Gasteiger partial charge in [0.05, 0.1) is 23.3 Å². The highest BCUT2D eigenvalue weighted by Crippen LogP contribution is 2.19. The van der Waals surface area contributed by atoms with Gasteiger partial charge in [-0.1, -0.05) is 18.9 Å². The van der Waals surface area contributed by atoms with E-state index >= 15 is 0 Å². The number of esters is 1. The number of sulfonamides is 1. The third-order valence-electron chi connectivity index (χ3n) is 5.31. The SMILES string of the molecule is Cc1ccc(S(=O)(=O)NCc2ccco2)cc1C(=O)OC(C)C(=O)N1CCCCCC1. The smallest absolute Gasteiger partial charge is 0.339 e. The van der Waals surface area contributed by atoms with Crippen molar-refractivity contribution in [3.05, 3.63) is 53.5 Å². The summed E-state index contributed by atoms with van der Waals surface area (Å²) >= 11 is 0. The zero-order chi connectivity index (χ0) is 22.4. The van der Waals surface area contributed by atoms with Crippen molar-refractivity contribution >= 4 is 21.9 Å². The third kappa shape index (κ3) is 5.95. The van der Waals surface area contributed by atoms with Gasteiger partial charge in [-0.15, -0.1) is 0 Å². The Hall–Kier alpha value is -2.65. The van der Waals surface area contributed by atoms with Crippen LogP contribution in [-0.2, 0) is 26.1 Å². The summed E-state index contributed by atoms with van der Waals surface area (Å²) in [7, 11) is -3.87. The van der Waals surface area contributed by atoms with Gasteiger partial charge in [0, 0.05) is 13.1 Å². The van der Waals surface area contributed by atoms with E-state index in [1.165, 1.54) is 18.4 Å². The minimum absolute atomic E-state index is 0.00956. The Labute approximate surface area is 182 Å². The van der Waals surface area contributed by atoms with Gasteiger partial charge < -0.3 is 14.1 Å². The number of carbonyl (C=O) groups is 2. The van der Waals surface area contributed by atoms with E-state index in [0.717, 1.165) is 25.7 Å². The first-order valence-corrected chi connectivity index (χ1v) is 11.9. The molecule has 2 heterocycles. The lowest BCUT2D eigenvalue weighted by Crippen LogP contribution is -2.40. The molecule has 1 saturated heterocycles. The number of carbonyl (C=O) groups excluding carboxylic acids is 2. The van der Waals surface area contributed by atoms with Gasteiger partial charge in [0.25, 0.3) is 5.91 Å². The van der Waals surface area contributed by atoms with Crippen LogP contribution in [0.1, 0.15) is 54.3 Å². The van der Waals surface area contributed by atoms with Crippen molar-refractivity contribution in [2.24, 2.45) is 0 Å². The molecule has 1 unspecified atom stereocenters. The molecule has 0 saturated carbocycles. The number of benzene rings is 1. The average molecular weight is 449 g/mol. The van der Waals surface area contributed by atoms with Crippen molar-refractivity contribution in [1.82, 2.24) is 9.62 Å². The Morgan fingerprint density at radius 1 is 1.16 bits per heavy atom. The van der Waals surface area contributed by atoms with Crippen LogP contribution >= 0.6 is 0 Å². The lowest BCUT2D eigenvalue weighted by Gasteiger charge is -2.24. The van der Waals surface area contributed by atoms with Crippen LogP contribution < -0.4 is 4.72 Å². The van der Waals surface area contributed by atoms with Gasteiger partial charge in [-0.3, -0.25) is 4.79 Å². The van der Waals surface area contributed by atoms with E-state index in [1.54, 1.807) is 36.9 Å². The molecule has 1 aliphatic heterocycles. The van der Waals surface area contributed by atoms with Crippen molar-refractivity contribution in [3.8, 4) is 0 Å². The maximum atomic E-state index is 12.7. The van der Waals surface area contributed by atoms with Gasteiger partial charge >= 0.3 is 5.97 Å². The van der Waals surface area contributed by atoms with E-state index in [1.807, 2.05) is 0 Å². The highest BCUT2D eigenvalue weighted by atomic mass is 32.2. The molecule has 1 atom stereocenters. The Balaban J connectivity index is 1.69. The number of ether oxygens (including phenoxy) is 1. The van der Waals surface area contributed by atoms with Crippen molar-refractivity contribution < 1.29 is 27.2 Å². The van der Waals surface area contributed by atoms with Crippen LogP contribution in [0.25, 0.3) is 0 Å². The molecule has 1 N–H and O–H groups in total. The molecular formula is C22H28N2O6S. The van der Waals surface area contributed by atoms with E-state index in [-0.39, 0.29) is 22.9 Å². The quantitative estimate of drug-likeness (QED) is 0.653. The second kappa shape index (κ2) is 10.1. The van der Waals surface area contributed by atoms with Crippen molar-refractivity contribution in [2.45, 2.75) is 57.1 Å². The number of rotatable bonds is 7. The zero-order valence-electron chi connectivity index (χ0n) is 17.8. The van der Waals surface area contributed by atoms with E-state index in [2.05, 4.69) is 4.72 Å². The number of nitrogens with one attached hydrogen (secondary N) is 1. The highest BCUT2D eigenvalue weighted by molar-refractivity contribution is 7.89. The molecule has 168 valence electrons. The molecule has 1 aromatic heterocycles. The monoisotopic (exact) mass is 448 g/mol. The molecule has 0 bridgehead atoms. The summed E-state index contributed by atoms with van der Waals surface area (Å²) < 4.78 is 38.2. The molecule has 8 nitrogen and oxygen atoms in total. The van der Waals surface area contributed by atoms with Crippen LogP contribution in [0.15, 0.2) is 45.9 Å². The first-order valence-electron chi connectivity index (χ1n) is 10.4. The summed E-state index contributed by atoms with van der Waals surface area (Å²) in [4.78, 5) is 27.1. The largest absolute Gasteiger partial charge is 0.468 e. The second-order valence-corrected chi connectivity index (χ2v) is 9.43. The fraction of sp³-hybridized carbons (Fsp3) is 0.455. The first-order chi connectivity index (χ1) is 14.8. The Bertz CT molecular complexity index is 1010. The molecule has 1 amide bonds. The van der Waals surface area contributed by atoms with Gasteiger partial charge in [0.2, 0.25) is 10.0 Å². The molecule has 31 heavy (non-hydrogen) atoms. The fourth-order valence-corrected chi connectivity index (χ4v) is 4.49. The van der Waals surface area contributed by atoms with Crippen LogP contribution in [0.2, 0.25) is 0 Å². The van der Waals surface area contributed by atoms with Gasteiger partial charge in [-0.2, -0.15) is 0 Å². The molecule has 0 radical (unpaired) electrons.